The molecule has 66 valence electrons. The first-order chi connectivity index (χ1) is 5.86. The van der Waals surface area contributed by atoms with Gasteiger partial charge in [-0.15, -0.1) is 11.3 Å². The van der Waals surface area contributed by atoms with Gasteiger partial charge in [-0.2, -0.15) is 0 Å². The Labute approximate surface area is 76.8 Å². The standard InChI is InChI=1S/C9H14N2S/c10-8(7-2-1-3-7)6-9-11-4-5-12-9/h4-5,7-8H,1-3,6,10H2. The Morgan fingerprint density at radius 3 is 3.00 bits per heavy atom. The van der Waals surface area contributed by atoms with Crippen LogP contribution in [0.1, 0.15) is 24.3 Å². The number of nitrogens with zero attached hydrogens (tertiary/aromatic N) is 1. The van der Waals surface area contributed by atoms with Crippen LogP contribution in [-0.4, -0.2) is 11.0 Å². The van der Waals surface area contributed by atoms with E-state index in [-0.39, 0.29) is 0 Å². The van der Waals surface area contributed by atoms with Gasteiger partial charge in [0.05, 0.1) is 5.01 Å². The molecule has 12 heavy (non-hydrogen) atoms. The van der Waals surface area contributed by atoms with Crippen molar-refractivity contribution in [1.82, 2.24) is 4.98 Å². The molecule has 1 aliphatic rings. The van der Waals surface area contributed by atoms with Gasteiger partial charge in [0.2, 0.25) is 0 Å². The highest BCUT2D eigenvalue weighted by Gasteiger charge is 2.24. The summed E-state index contributed by atoms with van der Waals surface area (Å²) in [7, 11) is 0. The highest BCUT2D eigenvalue weighted by Crippen LogP contribution is 2.30. The molecule has 1 aliphatic carbocycles. The number of hydrogen-bond donors (Lipinski definition) is 1. The van der Waals surface area contributed by atoms with Crippen LogP contribution >= 0.6 is 11.3 Å². The Kier molecular flexibility index (Phi) is 2.42. The van der Waals surface area contributed by atoms with Crippen molar-refractivity contribution in [1.29, 1.82) is 0 Å². The van der Waals surface area contributed by atoms with Gasteiger partial charge < -0.3 is 5.73 Å². The predicted molar refractivity (Wildman–Crippen MR) is 51.1 cm³/mol. The normalized spacial score (nSPS) is 20.4. The summed E-state index contributed by atoms with van der Waals surface area (Å²) in [5.74, 6) is 0.772. The number of hydrogen-bond acceptors (Lipinski definition) is 3. The number of aromatic nitrogens is 1. The van der Waals surface area contributed by atoms with Crippen LogP contribution in [0.25, 0.3) is 0 Å². The molecule has 1 saturated carbocycles. The maximum Gasteiger partial charge on any atom is 0.0940 e. The molecular formula is C9H14N2S. The van der Waals surface area contributed by atoms with Crippen LogP contribution < -0.4 is 5.73 Å². The lowest BCUT2D eigenvalue weighted by atomic mass is 9.79. The van der Waals surface area contributed by atoms with Crippen molar-refractivity contribution in [3.05, 3.63) is 16.6 Å². The zero-order valence-electron chi connectivity index (χ0n) is 7.07. The first kappa shape index (κ1) is 8.20. The van der Waals surface area contributed by atoms with E-state index in [1.54, 1.807) is 11.3 Å². The molecule has 0 saturated heterocycles. The van der Waals surface area contributed by atoms with Crippen LogP contribution in [0.5, 0.6) is 0 Å². The molecular weight excluding hydrogens is 168 g/mol. The van der Waals surface area contributed by atoms with Crippen LogP contribution in [0.3, 0.4) is 0 Å². The fourth-order valence-corrected chi connectivity index (χ4v) is 2.28. The molecule has 1 aromatic rings. The second-order valence-electron chi connectivity index (χ2n) is 3.48. The molecule has 0 aliphatic heterocycles. The Hall–Kier alpha value is -0.410. The third-order valence-electron chi connectivity index (χ3n) is 2.65. The third kappa shape index (κ3) is 1.67. The van der Waals surface area contributed by atoms with E-state index < -0.39 is 0 Å². The van der Waals surface area contributed by atoms with Crippen LogP contribution in [0, 0.1) is 5.92 Å². The molecule has 1 atom stereocenters. The van der Waals surface area contributed by atoms with Gasteiger partial charge in [0.15, 0.2) is 0 Å². The number of thiazole rings is 1. The molecule has 0 spiro atoms. The monoisotopic (exact) mass is 182 g/mol. The Bertz CT molecular complexity index is 229. The molecule has 2 rings (SSSR count). The summed E-state index contributed by atoms with van der Waals surface area (Å²) in [6.07, 6.45) is 6.85. The quantitative estimate of drug-likeness (QED) is 0.774. The fourth-order valence-electron chi connectivity index (χ4n) is 1.59. The summed E-state index contributed by atoms with van der Waals surface area (Å²) >= 11 is 1.71. The van der Waals surface area contributed by atoms with E-state index in [0.29, 0.717) is 6.04 Å². The van der Waals surface area contributed by atoms with E-state index in [1.807, 2.05) is 11.6 Å². The van der Waals surface area contributed by atoms with Gasteiger partial charge in [-0.25, -0.2) is 4.98 Å². The average molecular weight is 182 g/mol. The summed E-state index contributed by atoms with van der Waals surface area (Å²) in [5.41, 5.74) is 6.04. The minimum Gasteiger partial charge on any atom is -0.327 e. The summed E-state index contributed by atoms with van der Waals surface area (Å²) in [5, 5.41) is 3.21. The lowest BCUT2D eigenvalue weighted by Crippen LogP contribution is -2.36. The smallest absolute Gasteiger partial charge is 0.0940 e. The zero-order chi connectivity index (χ0) is 8.39. The van der Waals surface area contributed by atoms with Crippen molar-refractivity contribution >= 4 is 11.3 Å². The predicted octanol–water partition coefficient (Wildman–Crippen LogP) is 1.81. The van der Waals surface area contributed by atoms with Crippen LogP contribution in [0.2, 0.25) is 0 Å². The van der Waals surface area contributed by atoms with Crippen molar-refractivity contribution < 1.29 is 0 Å². The summed E-state index contributed by atoms with van der Waals surface area (Å²) < 4.78 is 0. The second-order valence-corrected chi connectivity index (χ2v) is 4.46. The van der Waals surface area contributed by atoms with Gasteiger partial charge >= 0.3 is 0 Å². The molecule has 1 fully saturated rings. The summed E-state index contributed by atoms with van der Waals surface area (Å²) in [4.78, 5) is 4.24. The summed E-state index contributed by atoms with van der Waals surface area (Å²) in [6, 6.07) is 0.352. The van der Waals surface area contributed by atoms with Crippen molar-refractivity contribution in [2.24, 2.45) is 11.7 Å². The largest absolute Gasteiger partial charge is 0.327 e. The van der Waals surface area contributed by atoms with Gasteiger partial charge in [0.25, 0.3) is 0 Å². The topological polar surface area (TPSA) is 38.9 Å². The van der Waals surface area contributed by atoms with E-state index in [4.69, 9.17) is 5.73 Å². The van der Waals surface area contributed by atoms with Crippen molar-refractivity contribution in [3.63, 3.8) is 0 Å². The SMILES string of the molecule is NC(Cc1nccs1)C1CCC1. The maximum atomic E-state index is 6.04. The molecule has 1 heterocycles. The lowest BCUT2D eigenvalue weighted by Gasteiger charge is -2.30. The third-order valence-corrected chi connectivity index (χ3v) is 3.45. The average Bonchev–Trinajstić information content (AvgIpc) is 2.34. The second kappa shape index (κ2) is 3.54. The molecule has 2 N–H and O–H groups in total. The van der Waals surface area contributed by atoms with Crippen molar-refractivity contribution in [2.45, 2.75) is 31.7 Å². The van der Waals surface area contributed by atoms with Gasteiger partial charge in [0.1, 0.15) is 0 Å². The molecule has 2 nitrogen and oxygen atoms in total. The molecule has 0 aromatic carbocycles. The van der Waals surface area contributed by atoms with Gasteiger partial charge in [0, 0.05) is 24.0 Å². The fraction of sp³-hybridized carbons (Fsp3) is 0.667. The van der Waals surface area contributed by atoms with Crippen molar-refractivity contribution in [3.8, 4) is 0 Å². The molecule has 3 heteroatoms. The molecule has 1 aromatic heterocycles. The Morgan fingerprint density at radius 2 is 2.50 bits per heavy atom. The van der Waals surface area contributed by atoms with E-state index in [2.05, 4.69) is 4.98 Å². The summed E-state index contributed by atoms with van der Waals surface area (Å²) in [6.45, 7) is 0. The first-order valence-corrected chi connectivity index (χ1v) is 5.38. The van der Waals surface area contributed by atoms with Gasteiger partial charge in [-0.1, -0.05) is 6.42 Å². The highest BCUT2D eigenvalue weighted by atomic mass is 32.1. The van der Waals surface area contributed by atoms with E-state index in [9.17, 15) is 0 Å². The number of rotatable bonds is 3. The van der Waals surface area contributed by atoms with E-state index in [0.717, 1.165) is 12.3 Å². The molecule has 1 unspecified atom stereocenters. The minimum absolute atomic E-state index is 0.352. The van der Waals surface area contributed by atoms with Gasteiger partial charge in [-0.05, 0) is 18.8 Å². The molecule has 0 radical (unpaired) electrons. The number of nitrogens with two attached hydrogens (primary N) is 1. The lowest BCUT2D eigenvalue weighted by molar-refractivity contribution is 0.260. The van der Waals surface area contributed by atoms with E-state index in [1.165, 1.54) is 24.3 Å². The van der Waals surface area contributed by atoms with Crippen LogP contribution in [-0.2, 0) is 6.42 Å². The Balaban J connectivity index is 1.86. The van der Waals surface area contributed by atoms with Crippen LogP contribution in [0.4, 0.5) is 0 Å². The van der Waals surface area contributed by atoms with E-state index >= 15 is 0 Å². The first-order valence-electron chi connectivity index (χ1n) is 4.50. The highest BCUT2D eigenvalue weighted by molar-refractivity contribution is 7.09. The molecule has 0 bridgehead atoms. The minimum atomic E-state index is 0.352. The maximum absolute atomic E-state index is 6.04. The molecule has 0 amide bonds. The van der Waals surface area contributed by atoms with Crippen molar-refractivity contribution in [2.75, 3.05) is 0 Å². The van der Waals surface area contributed by atoms with Crippen LogP contribution in [0.15, 0.2) is 11.6 Å². The Morgan fingerprint density at radius 1 is 1.67 bits per heavy atom. The van der Waals surface area contributed by atoms with Gasteiger partial charge in [-0.3, -0.25) is 0 Å². The zero-order valence-corrected chi connectivity index (χ0v) is 7.89.